The fraction of sp³-hybridized carbons (Fsp3) is 0.878. The highest BCUT2D eigenvalue weighted by Gasteiger charge is 2.26. The second-order valence-electron chi connectivity index (χ2n) is 15.0. The Balaban J connectivity index is 4.12. The van der Waals surface area contributed by atoms with Crippen molar-refractivity contribution in [3.8, 4) is 0 Å². The average molecular weight is 731 g/mol. The number of hydrogen-bond acceptors (Lipinski definition) is 6. The lowest BCUT2D eigenvalue weighted by molar-refractivity contribution is -0.870. The summed E-state index contributed by atoms with van der Waals surface area (Å²) in [4.78, 5) is 22.7. The molecule has 0 aliphatic rings. The van der Waals surface area contributed by atoms with Gasteiger partial charge in [0.25, 0.3) is 0 Å². The Labute approximate surface area is 309 Å². The number of ether oxygens (including phenoxy) is 2. The van der Waals surface area contributed by atoms with Crippen LogP contribution in [-0.2, 0) is 27.9 Å². The molecule has 9 heteroatoms. The molecule has 8 nitrogen and oxygen atoms in total. The van der Waals surface area contributed by atoms with E-state index < -0.39 is 13.9 Å². The summed E-state index contributed by atoms with van der Waals surface area (Å²) in [6.07, 6.45) is 37.9. The molecule has 0 rings (SSSR count). The molecule has 0 aromatic rings. The monoisotopic (exact) mass is 731 g/mol. The topological polar surface area (TPSA) is 91.3 Å². The van der Waals surface area contributed by atoms with Crippen LogP contribution in [0.5, 0.6) is 0 Å². The van der Waals surface area contributed by atoms with Crippen LogP contribution in [0.1, 0.15) is 174 Å². The Kier molecular flexibility index (Phi) is 34.3. The molecule has 0 amide bonds. The summed E-state index contributed by atoms with van der Waals surface area (Å²) in [7, 11) is 1.67. The first-order valence-electron chi connectivity index (χ1n) is 20.6. The first-order valence-corrected chi connectivity index (χ1v) is 22.1. The zero-order chi connectivity index (χ0) is 37.0. The van der Waals surface area contributed by atoms with Gasteiger partial charge in [0, 0.05) is 13.0 Å². The van der Waals surface area contributed by atoms with E-state index in [9.17, 15) is 14.3 Å². The Morgan fingerprint density at radius 3 is 1.66 bits per heavy atom. The number of allylic oxidation sites excluding steroid dienone is 4. The minimum Gasteiger partial charge on any atom is -0.457 e. The van der Waals surface area contributed by atoms with Gasteiger partial charge in [-0.15, -0.1) is 0 Å². The van der Waals surface area contributed by atoms with E-state index in [1.807, 2.05) is 21.1 Å². The van der Waals surface area contributed by atoms with Gasteiger partial charge in [0.05, 0.1) is 34.4 Å². The molecule has 296 valence electrons. The van der Waals surface area contributed by atoms with E-state index in [1.165, 1.54) is 116 Å². The Morgan fingerprint density at radius 1 is 0.620 bits per heavy atom. The molecule has 0 saturated carbocycles. The van der Waals surface area contributed by atoms with Gasteiger partial charge in [0.15, 0.2) is 0 Å². The molecule has 50 heavy (non-hydrogen) atoms. The van der Waals surface area contributed by atoms with Crippen molar-refractivity contribution in [3.05, 3.63) is 24.3 Å². The molecule has 1 N–H and O–H groups in total. The van der Waals surface area contributed by atoms with Crippen molar-refractivity contribution in [3.63, 3.8) is 0 Å². The van der Waals surface area contributed by atoms with E-state index in [2.05, 4.69) is 38.2 Å². The highest BCUT2D eigenvalue weighted by atomic mass is 31.2. The van der Waals surface area contributed by atoms with Crippen molar-refractivity contribution in [1.82, 2.24) is 0 Å². The van der Waals surface area contributed by atoms with E-state index in [1.54, 1.807) is 0 Å². The summed E-state index contributed by atoms with van der Waals surface area (Å²) in [5, 5.41) is 0. The minimum atomic E-state index is -4.26. The molecule has 0 radical (unpaired) electrons. The van der Waals surface area contributed by atoms with Crippen LogP contribution in [0.2, 0.25) is 0 Å². The number of hydrogen-bond donors (Lipinski definition) is 1. The summed E-state index contributed by atoms with van der Waals surface area (Å²) in [5.74, 6) is -0.319. The molecule has 0 saturated heterocycles. The molecule has 0 heterocycles. The van der Waals surface area contributed by atoms with Crippen LogP contribution in [-0.4, -0.2) is 75.6 Å². The van der Waals surface area contributed by atoms with Gasteiger partial charge in [-0.3, -0.25) is 13.8 Å². The van der Waals surface area contributed by atoms with Crippen molar-refractivity contribution in [1.29, 1.82) is 0 Å². The quantitative estimate of drug-likeness (QED) is 0.0222. The van der Waals surface area contributed by atoms with Crippen molar-refractivity contribution < 1.29 is 37.3 Å². The fourth-order valence-corrected chi connectivity index (χ4v) is 6.26. The van der Waals surface area contributed by atoms with Crippen molar-refractivity contribution in [2.45, 2.75) is 180 Å². The van der Waals surface area contributed by atoms with Crippen molar-refractivity contribution >= 4 is 13.8 Å². The number of likely N-dealkylation sites (N-methyl/N-ethyl adjacent to an activating group) is 1. The summed E-state index contributed by atoms with van der Waals surface area (Å²) >= 11 is 0. The van der Waals surface area contributed by atoms with Gasteiger partial charge in [-0.2, -0.15) is 0 Å². The number of unbranched alkanes of at least 4 members (excludes halogenated alkanes) is 20. The van der Waals surface area contributed by atoms with Gasteiger partial charge in [-0.1, -0.05) is 147 Å². The average Bonchev–Trinajstić information content (AvgIpc) is 3.06. The first kappa shape index (κ1) is 49.0. The fourth-order valence-electron chi connectivity index (χ4n) is 5.52. The molecule has 2 unspecified atom stereocenters. The normalized spacial score (nSPS) is 14.1. The van der Waals surface area contributed by atoms with Gasteiger partial charge in [0.2, 0.25) is 0 Å². The first-order chi connectivity index (χ1) is 24.1. The van der Waals surface area contributed by atoms with Gasteiger partial charge in [-0.25, -0.2) is 4.57 Å². The maximum Gasteiger partial charge on any atom is 0.472 e. The van der Waals surface area contributed by atoms with E-state index in [4.69, 9.17) is 18.5 Å². The summed E-state index contributed by atoms with van der Waals surface area (Å²) in [6.45, 7) is 5.57. The number of quaternary nitrogens is 1. The molecular weight excluding hydrogens is 649 g/mol. The zero-order valence-electron chi connectivity index (χ0n) is 33.4. The SMILES string of the molecule is CCCCC/C=C\C/C=C\CCCCCCCCCCCCOCC(COP(=O)(O)OCC[N+](C)(C)C)OC(=O)CCCCCCCCCC. The molecule has 0 fully saturated rings. The number of esters is 1. The zero-order valence-corrected chi connectivity index (χ0v) is 34.3. The summed E-state index contributed by atoms with van der Waals surface area (Å²) in [6, 6.07) is 0. The minimum absolute atomic E-state index is 0.0895. The third-order valence-corrected chi connectivity index (χ3v) is 9.75. The summed E-state index contributed by atoms with van der Waals surface area (Å²) in [5.41, 5.74) is 0. The van der Waals surface area contributed by atoms with E-state index in [-0.39, 0.29) is 25.8 Å². The second-order valence-corrected chi connectivity index (χ2v) is 16.5. The standard InChI is InChI=1S/C41H80NO7P/c1-6-8-10-12-14-16-17-18-19-20-21-22-23-24-25-26-27-29-31-33-36-46-38-40(39-48-50(44,45)47-37-35-42(3,4)5)49-41(43)34-32-30-28-15-13-11-9-7-2/h14,16,18-19,40H,6-13,15,17,20-39H2,1-5H3/p+1/b16-14-,19-18-. The molecule has 0 aromatic carbocycles. The number of phosphoric ester groups is 1. The van der Waals surface area contributed by atoms with E-state index >= 15 is 0 Å². The molecular formula is C41H81NO7P+. The van der Waals surface area contributed by atoms with Crippen LogP contribution < -0.4 is 0 Å². The third-order valence-electron chi connectivity index (χ3n) is 8.77. The van der Waals surface area contributed by atoms with Crippen molar-refractivity contribution in [2.75, 3.05) is 54.1 Å². The predicted octanol–water partition coefficient (Wildman–Crippen LogP) is 11.7. The molecule has 0 spiro atoms. The van der Waals surface area contributed by atoms with E-state index in [0.29, 0.717) is 24.1 Å². The molecule has 0 aromatic heterocycles. The van der Waals surface area contributed by atoms with Gasteiger partial charge >= 0.3 is 13.8 Å². The lowest BCUT2D eigenvalue weighted by Gasteiger charge is -2.24. The van der Waals surface area contributed by atoms with Gasteiger partial charge in [-0.05, 0) is 44.9 Å². The number of phosphoric acid groups is 1. The highest BCUT2D eigenvalue weighted by Crippen LogP contribution is 2.43. The molecule has 0 bridgehead atoms. The van der Waals surface area contributed by atoms with Crippen LogP contribution in [0, 0.1) is 0 Å². The lowest BCUT2D eigenvalue weighted by atomic mass is 10.1. The number of carbonyl (C=O) groups is 1. The van der Waals surface area contributed by atoms with E-state index in [0.717, 1.165) is 38.5 Å². The largest absolute Gasteiger partial charge is 0.472 e. The van der Waals surface area contributed by atoms with Gasteiger partial charge in [0.1, 0.15) is 19.3 Å². The molecule has 0 aliphatic heterocycles. The van der Waals surface area contributed by atoms with Crippen LogP contribution in [0.4, 0.5) is 0 Å². The van der Waals surface area contributed by atoms with Crippen molar-refractivity contribution in [2.24, 2.45) is 0 Å². The number of carbonyl (C=O) groups excluding carboxylic acids is 1. The van der Waals surface area contributed by atoms with Crippen LogP contribution in [0.15, 0.2) is 24.3 Å². The lowest BCUT2D eigenvalue weighted by Crippen LogP contribution is -2.37. The highest BCUT2D eigenvalue weighted by molar-refractivity contribution is 7.47. The maximum absolute atomic E-state index is 12.6. The predicted molar refractivity (Wildman–Crippen MR) is 210 cm³/mol. The Hall–Kier alpha value is -1.02. The smallest absolute Gasteiger partial charge is 0.457 e. The number of nitrogens with zero attached hydrogens (tertiary/aromatic N) is 1. The van der Waals surface area contributed by atoms with Crippen LogP contribution in [0.3, 0.4) is 0 Å². The van der Waals surface area contributed by atoms with Crippen LogP contribution >= 0.6 is 7.82 Å². The third kappa shape index (κ3) is 38.2. The Bertz CT molecular complexity index is 858. The Morgan fingerprint density at radius 2 is 1.10 bits per heavy atom. The number of rotatable bonds is 38. The summed E-state index contributed by atoms with van der Waals surface area (Å²) < 4.78 is 34.8. The molecule has 2 atom stereocenters. The molecule has 0 aliphatic carbocycles. The second kappa shape index (κ2) is 35.0. The van der Waals surface area contributed by atoms with Crippen LogP contribution in [0.25, 0.3) is 0 Å². The maximum atomic E-state index is 12.6. The van der Waals surface area contributed by atoms with Gasteiger partial charge < -0.3 is 18.9 Å².